The highest BCUT2D eigenvalue weighted by molar-refractivity contribution is 5.90. The van der Waals surface area contributed by atoms with E-state index in [0.29, 0.717) is 0 Å². The average molecular weight is 212 g/mol. The van der Waals surface area contributed by atoms with Gasteiger partial charge in [0, 0.05) is 11.0 Å². The molecule has 6 nitrogen and oxygen atoms in total. The van der Waals surface area contributed by atoms with Crippen molar-refractivity contribution in [2.75, 3.05) is 14.1 Å². The highest BCUT2D eigenvalue weighted by atomic mass is 16.6. The van der Waals surface area contributed by atoms with Crippen molar-refractivity contribution < 1.29 is 14.8 Å². The lowest BCUT2D eigenvalue weighted by molar-refractivity contribution is -0.582. The molecule has 1 N–H and O–H groups in total. The summed E-state index contributed by atoms with van der Waals surface area (Å²) in [7, 11) is 3.18. The summed E-state index contributed by atoms with van der Waals surface area (Å²) in [5, 5.41) is 19.6. The molecule has 0 radical (unpaired) electrons. The summed E-state index contributed by atoms with van der Waals surface area (Å²) in [5.74, 6) is -1.07. The first-order chi connectivity index (χ1) is 6.90. The Kier molecular flexibility index (Phi) is 2.90. The van der Waals surface area contributed by atoms with Gasteiger partial charge in [-0.15, -0.1) is 0 Å². The predicted molar refractivity (Wildman–Crippen MR) is 52.9 cm³/mol. The molecule has 0 heterocycles. The van der Waals surface area contributed by atoms with Crippen LogP contribution in [0.3, 0.4) is 0 Å². The highest BCUT2D eigenvalue weighted by Gasteiger charge is 2.43. The summed E-state index contributed by atoms with van der Waals surface area (Å²) in [5.41, 5.74) is -1.23. The van der Waals surface area contributed by atoms with Gasteiger partial charge in [-0.05, 0) is 20.2 Å². The van der Waals surface area contributed by atoms with E-state index < -0.39 is 16.6 Å². The molecule has 0 aliphatic heterocycles. The van der Waals surface area contributed by atoms with Crippen LogP contribution in [-0.4, -0.2) is 40.7 Å². The summed E-state index contributed by atoms with van der Waals surface area (Å²) >= 11 is 0. The molecule has 0 saturated carbocycles. The second-order valence-corrected chi connectivity index (χ2v) is 3.53. The molecule has 15 heavy (non-hydrogen) atoms. The summed E-state index contributed by atoms with van der Waals surface area (Å²) in [6.45, 7) is 0. The van der Waals surface area contributed by atoms with Gasteiger partial charge < -0.3 is 5.11 Å². The second kappa shape index (κ2) is 3.82. The van der Waals surface area contributed by atoms with Crippen LogP contribution in [0.5, 0.6) is 0 Å². The number of carboxylic acid groups (broad SMARTS) is 1. The minimum atomic E-state index is -1.32. The zero-order chi connectivity index (χ0) is 11.6. The van der Waals surface area contributed by atoms with Gasteiger partial charge in [-0.2, -0.15) is 0 Å². The molecule has 0 amide bonds. The number of likely N-dealkylation sites (N-methyl/N-ethyl adjacent to an activating group) is 1. The first-order valence-electron chi connectivity index (χ1n) is 4.35. The Bertz CT molecular complexity index is 359. The molecule has 0 bridgehead atoms. The van der Waals surface area contributed by atoms with Gasteiger partial charge in [0.25, 0.3) is 5.66 Å². The van der Waals surface area contributed by atoms with Crippen LogP contribution in [0.25, 0.3) is 0 Å². The van der Waals surface area contributed by atoms with Gasteiger partial charge >= 0.3 is 5.97 Å². The number of carbonyl (C=O) groups is 1. The Balaban J connectivity index is 2.99. The van der Waals surface area contributed by atoms with Crippen molar-refractivity contribution in [1.82, 2.24) is 4.90 Å². The molecule has 0 aromatic carbocycles. The third-order valence-electron chi connectivity index (χ3n) is 2.49. The standard InChI is InChI=1S/C9H12N2O4/c1-10(2)9(11(14)15)5-3-7(4-6-9)8(12)13/h3-5H,6H2,1-2H3,(H,12,13). The van der Waals surface area contributed by atoms with Gasteiger partial charge in [0.1, 0.15) is 0 Å². The summed E-state index contributed by atoms with van der Waals surface area (Å²) < 4.78 is 0. The van der Waals surface area contributed by atoms with Crippen LogP contribution in [0.15, 0.2) is 23.8 Å². The minimum absolute atomic E-state index is 0.0606. The van der Waals surface area contributed by atoms with E-state index in [2.05, 4.69) is 0 Å². The average Bonchev–Trinajstić information content (AvgIpc) is 2.17. The van der Waals surface area contributed by atoms with Crippen LogP contribution in [0.1, 0.15) is 6.42 Å². The zero-order valence-electron chi connectivity index (χ0n) is 8.51. The van der Waals surface area contributed by atoms with Crippen molar-refractivity contribution in [2.24, 2.45) is 0 Å². The van der Waals surface area contributed by atoms with Crippen molar-refractivity contribution in [2.45, 2.75) is 12.1 Å². The molecule has 0 fully saturated rings. The molecule has 82 valence electrons. The number of aliphatic carboxylic acids is 1. The smallest absolute Gasteiger partial charge is 0.335 e. The molecule has 0 saturated heterocycles. The Morgan fingerprint density at radius 2 is 2.27 bits per heavy atom. The van der Waals surface area contributed by atoms with Gasteiger partial charge in [-0.1, -0.05) is 6.08 Å². The lowest BCUT2D eigenvalue weighted by Crippen LogP contribution is -2.49. The molecule has 1 aliphatic rings. The molecule has 1 unspecified atom stereocenters. The summed E-state index contributed by atoms with van der Waals surface area (Å²) in [4.78, 5) is 22.6. The maximum Gasteiger partial charge on any atom is 0.335 e. The van der Waals surface area contributed by atoms with Crippen LogP contribution >= 0.6 is 0 Å². The number of carboxylic acids is 1. The molecule has 1 aliphatic carbocycles. The Hall–Kier alpha value is -1.69. The molecular weight excluding hydrogens is 200 g/mol. The monoisotopic (exact) mass is 212 g/mol. The number of rotatable bonds is 3. The van der Waals surface area contributed by atoms with Crippen molar-refractivity contribution in [3.05, 3.63) is 33.9 Å². The number of nitrogens with zero attached hydrogens (tertiary/aromatic N) is 2. The van der Waals surface area contributed by atoms with E-state index in [9.17, 15) is 14.9 Å². The number of nitro groups is 1. The van der Waals surface area contributed by atoms with E-state index in [1.165, 1.54) is 23.1 Å². The topological polar surface area (TPSA) is 83.7 Å². The Morgan fingerprint density at radius 1 is 1.67 bits per heavy atom. The predicted octanol–water partition coefficient (Wildman–Crippen LogP) is 0.492. The second-order valence-electron chi connectivity index (χ2n) is 3.53. The van der Waals surface area contributed by atoms with Crippen molar-refractivity contribution in [3.63, 3.8) is 0 Å². The molecule has 1 rings (SSSR count). The van der Waals surface area contributed by atoms with Gasteiger partial charge in [-0.3, -0.25) is 10.1 Å². The number of hydrogen-bond acceptors (Lipinski definition) is 4. The maximum absolute atomic E-state index is 10.9. The molecule has 6 heteroatoms. The van der Waals surface area contributed by atoms with Crippen LogP contribution in [0.4, 0.5) is 0 Å². The summed E-state index contributed by atoms with van der Waals surface area (Å²) in [6, 6.07) is 0. The fourth-order valence-corrected chi connectivity index (χ4v) is 1.41. The van der Waals surface area contributed by atoms with Crippen LogP contribution in [0, 0.1) is 10.1 Å². The van der Waals surface area contributed by atoms with E-state index in [0.717, 1.165) is 0 Å². The van der Waals surface area contributed by atoms with Gasteiger partial charge in [0.2, 0.25) is 0 Å². The quantitative estimate of drug-likeness (QED) is 0.418. The first kappa shape index (κ1) is 11.4. The van der Waals surface area contributed by atoms with E-state index in [4.69, 9.17) is 5.11 Å². The highest BCUT2D eigenvalue weighted by Crippen LogP contribution is 2.26. The van der Waals surface area contributed by atoms with E-state index in [-0.39, 0.29) is 12.0 Å². The van der Waals surface area contributed by atoms with Gasteiger partial charge in [-0.25, -0.2) is 9.69 Å². The van der Waals surface area contributed by atoms with Crippen molar-refractivity contribution in [1.29, 1.82) is 0 Å². The fourth-order valence-electron chi connectivity index (χ4n) is 1.41. The summed E-state index contributed by atoms with van der Waals surface area (Å²) in [6.07, 6.45) is 4.02. The molecule has 0 aromatic heterocycles. The van der Waals surface area contributed by atoms with Gasteiger partial charge in [0.05, 0.1) is 12.0 Å². The van der Waals surface area contributed by atoms with E-state index >= 15 is 0 Å². The zero-order valence-corrected chi connectivity index (χ0v) is 8.51. The number of hydrogen-bond donors (Lipinski definition) is 1. The lowest BCUT2D eigenvalue weighted by atomic mass is 9.96. The van der Waals surface area contributed by atoms with Crippen molar-refractivity contribution in [3.8, 4) is 0 Å². The first-order valence-corrected chi connectivity index (χ1v) is 4.35. The van der Waals surface area contributed by atoms with Crippen molar-refractivity contribution >= 4 is 5.97 Å². The normalized spacial score (nSPS) is 25.1. The van der Waals surface area contributed by atoms with Crippen LogP contribution < -0.4 is 0 Å². The largest absolute Gasteiger partial charge is 0.478 e. The van der Waals surface area contributed by atoms with E-state index in [1.54, 1.807) is 14.1 Å². The van der Waals surface area contributed by atoms with E-state index in [1.807, 2.05) is 0 Å². The minimum Gasteiger partial charge on any atom is -0.478 e. The fraction of sp³-hybridized carbons (Fsp3) is 0.444. The van der Waals surface area contributed by atoms with Crippen LogP contribution in [-0.2, 0) is 4.79 Å². The molecule has 0 spiro atoms. The third kappa shape index (κ3) is 1.89. The Labute approximate surface area is 86.6 Å². The third-order valence-corrected chi connectivity index (χ3v) is 2.49. The molecular formula is C9H12N2O4. The van der Waals surface area contributed by atoms with Gasteiger partial charge in [0.15, 0.2) is 0 Å². The molecule has 1 atom stereocenters. The van der Waals surface area contributed by atoms with Crippen LogP contribution in [0.2, 0.25) is 0 Å². The SMILES string of the molecule is CN(C)C1([N+](=O)[O-])C=CC(C(=O)O)=CC1. The Morgan fingerprint density at radius 3 is 2.53 bits per heavy atom. The maximum atomic E-state index is 10.9. The molecule has 0 aromatic rings. The lowest BCUT2D eigenvalue weighted by Gasteiger charge is -2.29.